The predicted molar refractivity (Wildman–Crippen MR) is 153 cm³/mol. The zero-order valence-electron chi connectivity index (χ0n) is 22.1. The summed E-state index contributed by atoms with van der Waals surface area (Å²) < 4.78 is 26.7. The fourth-order valence-corrected chi connectivity index (χ4v) is 5.10. The first kappa shape index (κ1) is 29.2. The van der Waals surface area contributed by atoms with Gasteiger partial charge in [-0.15, -0.1) is 0 Å². The van der Waals surface area contributed by atoms with Crippen LogP contribution in [0.5, 0.6) is 0 Å². The van der Waals surface area contributed by atoms with E-state index in [1.165, 1.54) is 11.0 Å². The Morgan fingerprint density at radius 1 is 0.947 bits per heavy atom. The number of aryl methyl sites for hydroxylation is 2. The first-order chi connectivity index (χ1) is 18.0. The monoisotopic (exact) mass is 555 g/mol. The number of nitrogens with one attached hydrogen (secondary N) is 1. The molecule has 0 aliphatic heterocycles. The molecular formula is C29H34ClN3O4S. The molecule has 3 rings (SSSR count). The van der Waals surface area contributed by atoms with Crippen LogP contribution < -0.4 is 9.62 Å². The van der Waals surface area contributed by atoms with Gasteiger partial charge in [0.05, 0.1) is 11.9 Å². The molecule has 7 nitrogen and oxygen atoms in total. The lowest BCUT2D eigenvalue weighted by Gasteiger charge is -2.33. The minimum Gasteiger partial charge on any atom is -0.355 e. The molecule has 202 valence electrons. The predicted octanol–water partition coefficient (Wildman–Crippen LogP) is 4.50. The third-order valence-corrected chi connectivity index (χ3v) is 7.77. The molecule has 0 aliphatic carbocycles. The summed E-state index contributed by atoms with van der Waals surface area (Å²) >= 11 is 6.27. The minimum absolute atomic E-state index is 0.139. The summed E-state index contributed by atoms with van der Waals surface area (Å²) in [5.41, 5.74) is 3.85. The topological polar surface area (TPSA) is 86.8 Å². The molecule has 0 saturated heterocycles. The second kappa shape index (κ2) is 12.9. The first-order valence-corrected chi connectivity index (χ1v) is 14.6. The smallest absolute Gasteiger partial charge is 0.244 e. The third-order valence-electron chi connectivity index (χ3n) is 6.22. The molecule has 1 atom stereocenters. The summed E-state index contributed by atoms with van der Waals surface area (Å²) in [6, 6.07) is 21.1. The minimum atomic E-state index is -3.84. The van der Waals surface area contributed by atoms with Crippen molar-refractivity contribution >= 4 is 39.1 Å². The molecule has 0 fully saturated rings. The van der Waals surface area contributed by atoms with Crippen LogP contribution in [0.1, 0.15) is 29.2 Å². The zero-order valence-corrected chi connectivity index (χ0v) is 23.7. The first-order valence-electron chi connectivity index (χ1n) is 12.4. The SMILES string of the molecule is CCNC(=O)[C@H](Cc1ccccc1)N(Cc1ccc(C)cc1)C(=O)CN(c1ccc(C)c(Cl)c1)S(C)(=O)=O. The van der Waals surface area contributed by atoms with Gasteiger partial charge in [0, 0.05) is 24.5 Å². The number of hydrogen-bond donors (Lipinski definition) is 1. The Bertz CT molecular complexity index is 1360. The molecule has 0 spiro atoms. The van der Waals surface area contributed by atoms with Crippen molar-refractivity contribution in [2.75, 3.05) is 23.7 Å². The van der Waals surface area contributed by atoms with Gasteiger partial charge in [0.2, 0.25) is 21.8 Å². The van der Waals surface area contributed by atoms with Gasteiger partial charge in [-0.1, -0.05) is 77.8 Å². The average Bonchev–Trinajstić information content (AvgIpc) is 2.87. The molecular weight excluding hydrogens is 522 g/mol. The fraction of sp³-hybridized carbons (Fsp3) is 0.310. The molecule has 0 bridgehead atoms. The second-order valence-electron chi connectivity index (χ2n) is 9.31. The van der Waals surface area contributed by atoms with Gasteiger partial charge in [0.1, 0.15) is 12.6 Å². The number of halogens is 1. The van der Waals surface area contributed by atoms with Gasteiger partial charge < -0.3 is 10.2 Å². The number of carbonyl (C=O) groups excluding carboxylic acids is 2. The van der Waals surface area contributed by atoms with Crippen LogP contribution in [0.3, 0.4) is 0 Å². The maximum Gasteiger partial charge on any atom is 0.244 e. The summed E-state index contributed by atoms with van der Waals surface area (Å²) in [4.78, 5) is 28.7. The molecule has 38 heavy (non-hydrogen) atoms. The van der Waals surface area contributed by atoms with Crippen LogP contribution in [0.15, 0.2) is 72.8 Å². The van der Waals surface area contributed by atoms with E-state index in [0.29, 0.717) is 11.6 Å². The number of likely N-dealkylation sites (N-methyl/N-ethyl adjacent to an activating group) is 1. The quantitative estimate of drug-likeness (QED) is 0.377. The summed E-state index contributed by atoms with van der Waals surface area (Å²) in [7, 11) is -3.84. The summed E-state index contributed by atoms with van der Waals surface area (Å²) in [5.74, 6) is -0.805. The number of anilines is 1. The Morgan fingerprint density at radius 3 is 2.18 bits per heavy atom. The lowest BCUT2D eigenvalue weighted by Crippen LogP contribution is -2.53. The zero-order chi connectivity index (χ0) is 27.9. The van der Waals surface area contributed by atoms with Crippen LogP contribution in [-0.4, -0.2) is 50.5 Å². The average molecular weight is 556 g/mol. The Balaban J connectivity index is 2.04. The van der Waals surface area contributed by atoms with E-state index >= 15 is 0 Å². The Hall–Kier alpha value is -3.36. The highest BCUT2D eigenvalue weighted by Gasteiger charge is 2.32. The molecule has 3 aromatic carbocycles. The number of nitrogens with zero attached hydrogens (tertiary/aromatic N) is 2. The highest BCUT2D eigenvalue weighted by Crippen LogP contribution is 2.25. The third kappa shape index (κ3) is 7.82. The van der Waals surface area contributed by atoms with Crippen LogP contribution in [-0.2, 0) is 32.6 Å². The molecule has 0 heterocycles. The van der Waals surface area contributed by atoms with E-state index < -0.39 is 28.5 Å². The normalized spacial score (nSPS) is 12.0. The maximum absolute atomic E-state index is 13.9. The van der Waals surface area contributed by atoms with Crippen molar-refractivity contribution in [3.8, 4) is 0 Å². The summed E-state index contributed by atoms with van der Waals surface area (Å²) in [6.07, 6.45) is 1.32. The van der Waals surface area contributed by atoms with Gasteiger partial charge in [-0.05, 0) is 49.6 Å². The van der Waals surface area contributed by atoms with E-state index in [1.807, 2.05) is 75.4 Å². The molecule has 9 heteroatoms. The summed E-state index contributed by atoms with van der Waals surface area (Å²) in [5, 5.41) is 3.24. The van der Waals surface area contributed by atoms with E-state index in [4.69, 9.17) is 11.6 Å². The highest BCUT2D eigenvalue weighted by atomic mass is 35.5. The van der Waals surface area contributed by atoms with Gasteiger partial charge in [0.25, 0.3) is 0 Å². The van der Waals surface area contributed by atoms with Gasteiger partial charge in [0.15, 0.2) is 0 Å². The van der Waals surface area contributed by atoms with Gasteiger partial charge >= 0.3 is 0 Å². The van der Waals surface area contributed by atoms with Crippen molar-refractivity contribution in [1.82, 2.24) is 10.2 Å². The van der Waals surface area contributed by atoms with Crippen molar-refractivity contribution in [1.29, 1.82) is 0 Å². The Labute approximate surface area is 230 Å². The summed E-state index contributed by atoms with van der Waals surface area (Å²) in [6.45, 7) is 5.65. The molecule has 0 unspecified atom stereocenters. The Morgan fingerprint density at radius 2 is 1.61 bits per heavy atom. The fourth-order valence-electron chi connectivity index (χ4n) is 4.09. The Kier molecular flexibility index (Phi) is 9.94. The van der Waals surface area contributed by atoms with Crippen LogP contribution in [0.2, 0.25) is 5.02 Å². The van der Waals surface area contributed by atoms with Crippen molar-refractivity contribution < 1.29 is 18.0 Å². The lowest BCUT2D eigenvalue weighted by molar-refractivity contribution is -0.140. The number of sulfonamides is 1. The highest BCUT2D eigenvalue weighted by molar-refractivity contribution is 7.92. The molecule has 1 N–H and O–H groups in total. The lowest BCUT2D eigenvalue weighted by atomic mass is 10.0. The van der Waals surface area contributed by atoms with E-state index in [2.05, 4.69) is 5.32 Å². The van der Waals surface area contributed by atoms with Crippen LogP contribution in [0.25, 0.3) is 0 Å². The van der Waals surface area contributed by atoms with Gasteiger partial charge in [-0.3, -0.25) is 13.9 Å². The molecule has 0 saturated carbocycles. The molecule has 0 aromatic heterocycles. The molecule has 2 amide bonds. The second-order valence-corrected chi connectivity index (χ2v) is 11.6. The van der Waals surface area contributed by atoms with E-state index in [1.54, 1.807) is 12.1 Å². The maximum atomic E-state index is 13.9. The van der Waals surface area contributed by atoms with Crippen molar-refractivity contribution in [3.05, 3.63) is 100 Å². The number of hydrogen-bond acceptors (Lipinski definition) is 4. The van der Waals surface area contributed by atoms with E-state index in [0.717, 1.165) is 32.8 Å². The standard InChI is InChI=1S/C29H34ClN3O4S/c1-5-31-29(35)27(17-23-9-7-6-8-10-23)32(19-24-14-11-21(2)12-15-24)28(34)20-33(38(4,36)37)25-16-13-22(3)26(30)18-25/h6-16,18,27H,5,17,19-20H2,1-4H3,(H,31,35)/t27-/m0/s1. The number of amides is 2. The number of benzene rings is 3. The van der Waals surface area contributed by atoms with Crippen LogP contribution >= 0.6 is 11.6 Å². The van der Waals surface area contributed by atoms with Crippen molar-refractivity contribution in [2.45, 2.75) is 39.8 Å². The van der Waals surface area contributed by atoms with Crippen LogP contribution in [0, 0.1) is 13.8 Å². The number of rotatable bonds is 11. The van der Waals surface area contributed by atoms with Gasteiger partial charge in [-0.25, -0.2) is 8.42 Å². The van der Waals surface area contributed by atoms with E-state index in [9.17, 15) is 18.0 Å². The van der Waals surface area contributed by atoms with Crippen LogP contribution in [0.4, 0.5) is 5.69 Å². The molecule has 0 aliphatic rings. The molecule has 0 radical (unpaired) electrons. The largest absolute Gasteiger partial charge is 0.355 e. The van der Waals surface area contributed by atoms with Crippen molar-refractivity contribution in [3.63, 3.8) is 0 Å². The van der Waals surface area contributed by atoms with E-state index in [-0.39, 0.29) is 24.6 Å². The molecule has 3 aromatic rings. The van der Waals surface area contributed by atoms with Gasteiger partial charge in [-0.2, -0.15) is 0 Å². The van der Waals surface area contributed by atoms with Crippen molar-refractivity contribution in [2.24, 2.45) is 0 Å². The number of carbonyl (C=O) groups is 2.